The van der Waals surface area contributed by atoms with Gasteiger partial charge in [0.15, 0.2) is 29.0 Å². The number of nitrogens with zero attached hydrogens (tertiary/aromatic N) is 5. The Morgan fingerprint density at radius 2 is 1.17 bits per heavy atom. The highest BCUT2D eigenvalue weighted by atomic mass is 35.5. The Labute approximate surface area is 380 Å². The highest BCUT2D eigenvalue weighted by Gasteiger charge is 2.50. The van der Waals surface area contributed by atoms with Crippen molar-refractivity contribution >= 4 is 76.6 Å². The van der Waals surface area contributed by atoms with E-state index in [9.17, 15) is 33.6 Å². The summed E-state index contributed by atoms with van der Waals surface area (Å²) < 4.78 is 3.50. The van der Waals surface area contributed by atoms with Gasteiger partial charge in [0.2, 0.25) is 23.4 Å². The second-order valence-corrected chi connectivity index (χ2v) is 14.5. The lowest BCUT2D eigenvalue weighted by molar-refractivity contribution is -0.129. The molecule has 3 amide bonds. The molecular weight excluding hydrogens is 840 g/mol. The first-order chi connectivity index (χ1) is 30.0. The summed E-state index contributed by atoms with van der Waals surface area (Å²) in [6, 6.07) is 16.6. The van der Waals surface area contributed by atoms with Crippen LogP contribution >= 0.6 is 12.4 Å². The van der Waals surface area contributed by atoms with E-state index in [-0.39, 0.29) is 64.7 Å². The number of anilines is 2. The molecule has 5 rings (SSSR count). The predicted octanol–water partition coefficient (Wildman–Crippen LogP) is 6.09. The van der Waals surface area contributed by atoms with Crippen molar-refractivity contribution in [1.82, 2.24) is 14.0 Å². The number of aryl methyl sites for hydroxylation is 2. The molecule has 0 saturated heterocycles. The largest absolute Gasteiger partial charge is 0.370 e. The fourth-order valence-electron chi connectivity index (χ4n) is 6.61. The molecule has 2 aromatic heterocycles. The Morgan fingerprint density at radius 3 is 1.64 bits per heavy atom. The number of ketones is 4. The topological polar surface area (TPSA) is 259 Å². The van der Waals surface area contributed by atoms with Crippen LogP contribution in [0, 0.1) is 0 Å². The number of nitrogens with two attached hydrogens (primary N) is 3. The zero-order valence-electron chi connectivity index (χ0n) is 37.8. The summed E-state index contributed by atoms with van der Waals surface area (Å²) in [6.45, 7) is 12.3. The number of nitrogens with one attached hydrogen (secondary N) is 2. The van der Waals surface area contributed by atoms with Crippen molar-refractivity contribution in [2.75, 3.05) is 24.7 Å². The van der Waals surface area contributed by atoms with Gasteiger partial charge in [-0.1, -0.05) is 52.0 Å². The lowest BCUT2D eigenvalue weighted by Gasteiger charge is -2.25. The fourth-order valence-corrected chi connectivity index (χ4v) is 6.61. The summed E-state index contributed by atoms with van der Waals surface area (Å²) >= 11 is 0. The van der Waals surface area contributed by atoms with E-state index in [0.29, 0.717) is 72.7 Å². The number of amides is 3. The first-order valence-electron chi connectivity index (χ1n) is 20.9. The van der Waals surface area contributed by atoms with Crippen LogP contribution in [0.4, 0.5) is 11.4 Å². The van der Waals surface area contributed by atoms with Gasteiger partial charge >= 0.3 is 0 Å². The van der Waals surface area contributed by atoms with Crippen molar-refractivity contribution in [2.45, 2.75) is 98.7 Å². The Balaban J connectivity index is 0.000000395. The van der Waals surface area contributed by atoms with Crippen LogP contribution in [0.15, 0.2) is 83.0 Å². The molecule has 0 spiro atoms. The van der Waals surface area contributed by atoms with Crippen LogP contribution in [0.2, 0.25) is 0 Å². The van der Waals surface area contributed by atoms with Crippen molar-refractivity contribution in [2.24, 2.45) is 27.2 Å². The Kier molecular flexibility index (Phi) is 20.5. The molecule has 0 saturated carbocycles. The van der Waals surface area contributed by atoms with E-state index in [1.807, 2.05) is 32.3 Å². The molecule has 1 aliphatic heterocycles. The molecule has 1 unspecified atom stereocenters. The molecule has 0 aliphatic carbocycles. The van der Waals surface area contributed by atoms with E-state index < -0.39 is 17.1 Å². The van der Waals surface area contributed by atoms with Gasteiger partial charge in [-0.2, -0.15) is 0 Å². The minimum absolute atomic E-state index is 0. The van der Waals surface area contributed by atoms with Crippen molar-refractivity contribution in [3.05, 3.63) is 107 Å². The number of aromatic nitrogens is 2. The summed E-state index contributed by atoms with van der Waals surface area (Å²) in [5.74, 6) is -1.78. The van der Waals surface area contributed by atoms with E-state index in [1.54, 1.807) is 74.1 Å². The highest BCUT2D eigenvalue weighted by molar-refractivity contribution is 6.49. The van der Waals surface area contributed by atoms with Crippen LogP contribution in [0.5, 0.6) is 0 Å². The third-order valence-electron chi connectivity index (χ3n) is 10.00. The number of hydrogen-bond donors (Lipinski definition) is 5. The van der Waals surface area contributed by atoms with Crippen LogP contribution in [-0.4, -0.2) is 80.9 Å². The molecule has 1 atom stereocenters. The highest BCUT2D eigenvalue weighted by Crippen LogP contribution is 2.41. The maximum Gasteiger partial charge on any atom is 0.266 e. The summed E-state index contributed by atoms with van der Waals surface area (Å²) in [7, 11) is 3.11. The lowest BCUT2D eigenvalue weighted by Crippen LogP contribution is -2.41. The van der Waals surface area contributed by atoms with Crippen molar-refractivity contribution in [3.63, 3.8) is 0 Å². The Bertz CT molecular complexity index is 2400. The zero-order valence-corrected chi connectivity index (χ0v) is 38.6. The Hall–Kier alpha value is -6.88. The molecular formula is C46H61ClN10O7. The number of Topliss-reactive ketones (excluding diaryl/α,β-unsaturated/α-hetero) is 4. The number of likely N-dealkylation sites (N-methyl/N-ethyl adjacent to an activating group) is 1. The van der Waals surface area contributed by atoms with E-state index in [1.165, 1.54) is 36.3 Å². The molecule has 2 aromatic carbocycles. The smallest absolute Gasteiger partial charge is 0.266 e. The van der Waals surface area contributed by atoms with Crippen LogP contribution in [0.25, 0.3) is 0 Å². The van der Waals surface area contributed by atoms with E-state index in [0.717, 1.165) is 12.8 Å². The number of carbonyl (C=O) groups is 7. The van der Waals surface area contributed by atoms with Crippen LogP contribution in [0.3, 0.4) is 0 Å². The number of benzene rings is 2. The fraction of sp³-hybridized carbons (Fsp3) is 0.370. The number of hydrogen-bond acceptors (Lipinski definition) is 10. The average Bonchev–Trinajstić information content (AvgIpc) is 3.98. The Morgan fingerprint density at radius 1 is 0.688 bits per heavy atom. The van der Waals surface area contributed by atoms with Gasteiger partial charge in [0, 0.05) is 93.3 Å². The summed E-state index contributed by atoms with van der Waals surface area (Å²) in [5.41, 5.74) is 17.8. The summed E-state index contributed by atoms with van der Waals surface area (Å²) in [4.78, 5) is 96.2. The molecule has 3 heterocycles. The summed E-state index contributed by atoms with van der Waals surface area (Å²) in [6.07, 6.45) is 6.25. The molecule has 1 aliphatic rings. The molecule has 17 nitrogen and oxygen atoms in total. The third-order valence-corrected chi connectivity index (χ3v) is 10.00. The molecule has 344 valence electrons. The lowest BCUT2D eigenvalue weighted by atomic mass is 9.83. The van der Waals surface area contributed by atoms with Gasteiger partial charge in [0.1, 0.15) is 0 Å². The minimum atomic E-state index is -1.42. The standard InChI is InChI=1S/C23H29N5O3.C21H24N2O4.C2H7N3.ClH/c1-5-9-20(30)25-17-11-8-10-15(12-17)23(21(31)27(4)22(24)26-23)16-13-18(19(29)6-2)28(7-3)14-16;1-4-8-19(25)22-16-10-7-9-14(11-16)20(26)21(27)15-12-17(18(24)5-2)23(6-3)13-15;1-5-2(3)4;/h8,10-14H,5-7,9H2,1-4H3,(H2,24,26)(H,25,30);7,9-13H,4-6,8H2,1-3H3,(H,22,25);1H3,(H4,3,4,5);1H. The second kappa shape index (κ2) is 24.7. The molecule has 4 aromatic rings. The monoisotopic (exact) mass is 900 g/mol. The van der Waals surface area contributed by atoms with E-state index >= 15 is 0 Å². The van der Waals surface area contributed by atoms with Crippen molar-refractivity contribution < 1.29 is 33.6 Å². The number of aliphatic imine (C=N–C) groups is 2. The summed E-state index contributed by atoms with van der Waals surface area (Å²) in [5, 5.41) is 5.58. The van der Waals surface area contributed by atoms with Crippen LogP contribution < -0.4 is 27.8 Å². The maximum atomic E-state index is 13.5. The normalized spacial score (nSPS) is 13.8. The number of carbonyl (C=O) groups excluding carboxylic acids is 7. The first kappa shape index (κ1) is 53.3. The molecule has 8 N–H and O–H groups in total. The van der Waals surface area contributed by atoms with Gasteiger partial charge in [0.05, 0.1) is 11.4 Å². The molecule has 0 radical (unpaired) electrons. The van der Waals surface area contributed by atoms with Gasteiger partial charge < -0.3 is 37.0 Å². The van der Waals surface area contributed by atoms with Crippen LogP contribution in [0.1, 0.15) is 133 Å². The van der Waals surface area contributed by atoms with Gasteiger partial charge in [-0.15, -0.1) is 12.4 Å². The predicted molar refractivity (Wildman–Crippen MR) is 252 cm³/mol. The van der Waals surface area contributed by atoms with Crippen molar-refractivity contribution in [3.8, 4) is 0 Å². The first-order valence-corrected chi connectivity index (χ1v) is 20.9. The van der Waals surface area contributed by atoms with E-state index in [4.69, 9.17) is 17.2 Å². The number of guanidine groups is 2. The quantitative estimate of drug-likeness (QED) is 0.0353. The van der Waals surface area contributed by atoms with Gasteiger partial charge in [-0.3, -0.25) is 43.5 Å². The third kappa shape index (κ3) is 12.8. The number of halogens is 1. The SMILES string of the molecule is CCCC(=O)Nc1cccc(C(=O)C(=O)c2cc(C(=O)CC)n(CC)c2)c1.CCCC(=O)Nc1cccc(C2(c3cc(C(=O)CC)n(CC)c3)N=C(N)N(C)C2=O)c1.CN=C(N)N.Cl. The molecule has 18 heteroatoms. The molecule has 0 bridgehead atoms. The van der Waals surface area contributed by atoms with Gasteiger partial charge in [-0.25, -0.2) is 4.99 Å². The molecule has 0 fully saturated rings. The van der Waals surface area contributed by atoms with Crippen molar-refractivity contribution in [1.29, 1.82) is 0 Å². The molecule has 64 heavy (non-hydrogen) atoms. The van der Waals surface area contributed by atoms with E-state index in [2.05, 4.69) is 20.6 Å². The maximum absolute atomic E-state index is 13.5. The minimum Gasteiger partial charge on any atom is -0.370 e. The van der Waals surface area contributed by atoms with Gasteiger partial charge in [-0.05, 0) is 68.7 Å². The van der Waals surface area contributed by atoms with Gasteiger partial charge in [0.25, 0.3) is 5.91 Å². The number of rotatable bonds is 17. The average molecular weight is 902 g/mol. The van der Waals surface area contributed by atoms with Crippen LogP contribution in [-0.2, 0) is 33.0 Å². The zero-order chi connectivity index (χ0) is 47.0. The second-order valence-electron chi connectivity index (χ2n) is 14.5.